The van der Waals surface area contributed by atoms with E-state index in [1.165, 1.54) is 21.9 Å². The van der Waals surface area contributed by atoms with Gasteiger partial charge in [0.25, 0.3) is 0 Å². The molecule has 0 aliphatic heterocycles. The fourth-order valence-electron chi connectivity index (χ4n) is 11.2. The van der Waals surface area contributed by atoms with Gasteiger partial charge in [-0.15, -0.1) is 0 Å². The molecule has 0 bridgehead atoms. The van der Waals surface area contributed by atoms with Crippen LogP contribution in [-0.2, 0) is 0 Å². The SMILES string of the molecule is c1ccc2c(c1)oc1cccc(-c3ccc(-c4ccc5c(c4)c4cc(-c6ccc(-c7cccc8oc9ccccc9c78)cc6)ccc4n5-c4ccc(-c5cccc6oc7ccccc7c56)cc4)cc3)c12. The van der Waals surface area contributed by atoms with Crippen molar-refractivity contribution in [3.8, 4) is 61.3 Å². The molecule has 4 heterocycles. The van der Waals surface area contributed by atoms with E-state index in [9.17, 15) is 0 Å². The Morgan fingerprint density at radius 2 is 0.543 bits per heavy atom. The number of hydrogen-bond donors (Lipinski definition) is 0. The van der Waals surface area contributed by atoms with Gasteiger partial charge >= 0.3 is 0 Å². The third-order valence-corrected chi connectivity index (χ3v) is 14.5. The molecule has 0 aliphatic carbocycles. The number of hydrogen-bond acceptors (Lipinski definition) is 3. The van der Waals surface area contributed by atoms with Gasteiger partial charge in [-0.2, -0.15) is 0 Å². The summed E-state index contributed by atoms with van der Waals surface area (Å²) in [5, 5.41) is 9.22. The van der Waals surface area contributed by atoms with E-state index in [0.717, 1.165) is 127 Å². The van der Waals surface area contributed by atoms with Gasteiger partial charge in [0, 0.05) is 48.8 Å². The first-order valence-electron chi connectivity index (χ1n) is 23.8. The highest BCUT2D eigenvalue weighted by molar-refractivity contribution is 6.16. The van der Waals surface area contributed by atoms with Gasteiger partial charge in [0.1, 0.15) is 33.5 Å². The number of nitrogens with zero attached hydrogens (tertiary/aromatic N) is 1. The fraction of sp³-hybridized carbons (Fsp3) is 0. The number of para-hydroxylation sites is 3. The predicted octanol–water partition coefficient (Wildman–Crippen LogP) is 18.8. The summed E-state index contributed by atoms with van der Waals surface area (Å²) in [5.74, 6) is 0. The molecule has 0 spiro atoms. The van der Waals surface area contributed by atoms with Crippen LogP contribution in [0.15, 0.2) is 250 Å². The van der Waals surface area contributed by atoms with E-state index >= 15 is 0 Å². The van der Waals surface area contributed by atoms with Crippen molar-refractivity contribution >= 4 is 87.6 Å². The highest BCUT2D eigenvalue weighted by Gasteiger charge is 2.19. The Balaban J connectivity index is 0.851. The van der Waals surface area contributed by atoms with Crippen LogP contribution in [0.4, 0.5) is 0 Å². The van der Waals surface area contributed by atoms with Crippen LogP contribution < -0.4 is 0 Å². The van der Waals surface area contributed by atoms with Gasteiger partial charge in [-0.25, -0.2) is 0 Å². The first-order chi connectivity index (χ1) is 34.7. The molecule has 0 N–H and O–H groups in total. The van der Waals surface area contributed by atoms with Crippen LogP contribution >= 0.6 is 0 Å². The number of benzene rings is 11. The van der Waals surface area contributed by atoms with Gasteiger partial charge in [0.15, 0.2) is 0 Å². The van der Waals surface area contributed by atoms with Crippen LogP contribution in [0.2, 0.25) is 0 Å². The van der Waals surface area contributed by atoms with E-state index in [0.29, 0.717) is 0 Å². The number of aromatic nitrogens is 1. The van der Waals surface area contributed by atoms with Gasteiger partial charge in [-0.1, -0.05) is 164 Å². The fourth-order valence-corrected chi connectivity index (χ4v) is 11.2. The summed E-state index contributed by atoms with van der Waals surface area (Å²) in [5.41, 5.74) is 20.4. The standard InChI is InChI=1S/C66H39NO3/c1-4-16-58-51(10-1)64-48(13-7-19-61(64)68-58)42-26-22-40(23-27-42)45-32-36-56-54(38-45)55-39-46(41-24-28-43(29-25-41)49-14-8-20-62-65(49)52-11-2-5-17-59(52)69-62)33-37-57(55)67(56)47-34-30-44(31-35-47)50-15-9-21-63-66(50)53-12-3-6-18-60(53)70-63/h1-39H. The molecule has 4 nitrogen and oxygen atoms in total. The Hall–Kier alpha value is -9.38. The molecule has 0 saturated heterocycles. The molecular weight excluding hydrogens is 855 g/mol. The monoisotopic (exact) mass is 893 g/mol. The molecule has 15 rings (SSSR count). The summed E-state index contributed by atoms with van der Waals surface area (Å²) in [4.78, 5) is 0. The quantitative estimate of drug-likeness (QED) is 0.167. The molecule has 0 fully saturated rings. The molecule has 0 saturated carbocycles. The third-order valence-electron chi connectivity index (χ3n) is 14.5. The molecular formula is C66H39NO3. The van der Waals surface area contributed by atoms with Crippen LogP contribution in [0.5, 0.6) is 0 Å². The van der Waals surface area contributed by atoms with Crippen molar-refractivity contribution in [2.75, 3.05) is 0 Å². The lowest BCUT2D eigenvalue weighted by molar-refractivity contribution is 0.668. The third kappa shape index (κ3) is 5.90. The van der Waals surface area contributed by atoms with Crippen molar-refractivity contribution in [2.24, 2.45) is 0 Å². The van der Waals surface area contributed by atoms with Gasteiger partial charge in [-0.05, 0) is 128 Å². The first kappa shape index (κ1) is 38.7. The van der Waals surface area contributed by atoms with E-state index in [1.54, 1.807) is 0 Å². The van der Waals surface area contributed by atoms with Gasteiger partial charge in [-0.3, -0.25) is 0 Å². The molecule has 4 heteroatoms. The predicted molar refractivity (Wildman–Crippen MR) is 290 cm³/mol. The molecule has 4 aromatic heterocycles. The van der Waals surface area contributed by atoms with E-state index in [-0.39, 0.29) is 0 Å². The number of rotatable bonds is 6. The van der Waals surface area contributed by atoms with E-state index in [4.69, 9.17) is 13.3 Å². The van der Waals surface area contributed by atoms with Crippen molar-refractivity contribution in [2.45, 2.75) is 0 Å². The Labute approximate surface area is 401 Å². The molecule has 0 radical (unpaired) electrons. The van der Waals surface area contributed by atoms with Crippen molar-refractivity contribution in [1.82, 2.24) is 4.57 Å². The lowest BCUT2D eigenvalue weighted by atomic mass is 9.95. The van der Waals surface area contributed by atoms with E-state index in [1.807, 2.05) is 36.4 Å². The molecule has 0 amide bonds. The summed E-state index contributed by atoms with van der Waals surface area (Å²) in [6.07, 6.45) is 0. The molecule has 0 aliphatic rings. The van der Waals surface area contributed by atoms with E-state index in [2.05, 4.69) is 205 Å². The zero-order chi connectivity index (χ0) is 45.9. The molecule has 70 heavy (non-hydrogen) atoms. The second-order valence-corrected chi connectivity index (χ2v) is 18.3. The van der Waals surface area contributed by atoms with Crippen LogP contribution in [0.3, 0.4) is 0 Å². The number of fused-ring (bicyclic) bond motifs is 12. The van der Waals surface area contributed by atoms with Crippen molar-refractivity contribution in [3.63, 3.8) is 0 Å². The first-order valence-corrected chi connectivity index (χ1v) is 23.8. The lowest BCUT2D eigenvalue weighted by Gasteiger charge is -2.11. The normalized spacial score (nSPS) is 12.0. The maximum absolute atomic E-state index is 6.27. The van der Waals surface area contributed by atoms with Crippen LogP contribution in [0.1, 0.15) is 0 Å². The average Bonchev–Trinajstić information content (AvgIpc) is 4.20. The maximum Gasteiger partial charge on any atom is 0.136 e. The zero-order valence-corrected chi connectivity index (χ0v) is 37.7. The summed E-state index contributed by atoms with van der Waals surface area (Å²) in [6, 6.07) is 84.7. The molecule has 15 aromatic rings. The molecule has 0 atom stereocenters. The molecule has 11 aromatic carbocycles. The molecule has 326 valence electrons. The lowest BCUT2D eigenvalue weighted by Crippen LogP contribution is -1.94. The minimum atomic E-state index is 0.897. The van der Waals surface area contributed by atoms with Crippen molar-refractivity contribution < 1.29 is 13.3 Å². The highest BCUT2D eigenvalue weighted by atomic mass is 16.3. The van der Waals surface area contributed by atoms with Crippen molar-refractivity contribution in [1.29, 1.82) is 0 Å². The van der Waals surface area contributed by atoms with Crippen LogP contribution in [0.25, 0.3) is 149 Å². The summed E-state index contributed by atoms with van der Waals surface area (Å²) in [6.45, 7) is 0. The second kappa shape index (κ2) is 15.1. The average molecular weight is 894 g/mol. The largest absolute Gasteiger partial charge is 0.456 e. The summed E-state index contributed by atoms with van der Waals surface area (Å²) in [7, 11) is 0. The number of furan rings is 3. The Morgan fingerprint density at radius 3 is 0.929 bits per heavy atom. The smallest absolute Gasteiger partial charge is 0.136 e. The zero-order valence-electron chi connectivity index (χ0n) is 37.7. The van der Waals surface area contributed by atoms with Gasteiger partial charge in [0.05, 0.1) is 11.0 Å². The summed E-state index contributed by atoms with van der Waals surface area (Å²) >= 11 is 0. The topological polar surface area (TPSA) is 44.4 Å². The summed E-state index contributed by atoms with van der Waals surface area (Å²) < 4.78 is 21.2. The van der Waals surface area contributed by atoms with Gasteiger partial charge in [0.2, 0.25) is 0 Å². The van der Waals surface area contributed by atoms with E-state index < -0.39 is 0 Å². The Bertz CT molecular complexity index is 4350. The molecule has 0 unspecified atom stereocenters. The van der Waals surface area contributed by atoms with Crippen LogP contribution in [0, 0.1) is 0 Å². The maximum atomic E-state index is 6.27. The minimum Gasteiger partial charge on any atom is -0.456 e. The van der Waals surface area contributed by atoms with Crippen molar-refractivity contribution in [3.05, 3.63) is 237 Å². The Morgan fingerprint density at radius 1 is 0.229 bits per heavy atom. The van der Waals surface area contributed by atoms with Gasteiger partial charge < -0.3 is 17.8 Å². The van der Waals surface area contributed by atoms with Crippen LogP contribution in [-0.4, -0.2) is 4.57 Å². The second-order valence-electron chi connectivity index (χ2n) is 18.3. The minimum absolute atomic E-state index is 0.897. The highest BCUT2D eigenvalue weighted by Crippen LogP contribution is 2.43. The Kier molecular flexibility index (Phi) is 8.33.